The summed E-state index contributed by atoms with van der Waals surface area (Å²) in [5, 5.41) is 20.8. The van der Waals surface area contributed by atoms with E-state index >= 15 is 0 Å². The van der Waals surface area contributed by atoms with E-state index in [1.807, 2.05) is 72.8 Å². The van der Waals surface area contributed by atoms with Crippen molar-refractivity contribution < 1.29 is 48.2 Å². The van der Waals surface area contributed by atoms with Crippen LogP contribution >= 0.6 is 15.9 Å². The van der Waals surface area contributed by atoms with E-state index in [-0.39, 0.29) is 17.5 Å². The number of carbonyl (C=O) groups excluding carboxylic acids is 2. The first kappa shape index (κ1) is 49.0. The van der Waals surface area contributed by atoms with Crippen molar-refractivity contribution in [3.63, 3.8) is 0 Å². The smallest absolute Gasteiger partial charge is 0.340 e. The van der Waals surface area contributed by atoms with Crippen molar-refractivity contribution in [3.8, 4) is 46.0 Å². The molecule has 0 radical (unpaired) electrons. The van der Waals surface area contributed by atoms with Crippen molar-refractivity contribution in [2.45, 2.75) is 109 Å². The van der Waals surface area contributed by atoms with Crippen LogP contribution in [0.1, 0.15) is 152 Å². The molecular formula is C58H61BrO10. The number of esters is 2. The first-order valence-electron chi connectivity index (χ1n) is 24.5. The highest BCUT2D eigenvalue weighted by Crippen LogP contribution is 2.58. The summed E-state index contributed by atoms with van der Waals surface area (Å²) in [7, 11) is 0. The second kappa shape index (κ2) is 22.3. The molecule has 0 fully saturated rings. The summed E-state index contributed by atoms with van der Waals surface area (Å²) in [6.45, 7) is 7.95. The fourth-order valence-corrected chi connectivity index (χ4v) is 9.83. The third kappa shape index (κ3) is 10.0. The average Bonchev–Trinajstić information content (AvgIpc) is 3.82. The van der Waals surface area contributed by atoms with Crippen molar-refractivity contribution in [2.75, 3.05) is 18.5 Å². The molecule has 10 rings (SSSR count). The molecule has 6 aromatic rings. The van der Waals surface area contributed by atoms with Gasteiger partial charge in [-0.1, -0.05) is 131 Å². The van der Waals surface area contributed by atoms with Gasteiger partial charge in [-0.25, -0.2) is 9.59 Å². The lowest BCUT2D eigenvalue weighted by atomic mass is 9.77. The van der Waals surface area contributed by atoms with Gasteiger partial charge in [-0.15, -0.1) is 0 Å². The molecule has 0 unspecified atom stereocenters. The number of halogens is 1. The highest BCUT2D eigenvalue weighted by molar-refractivity contribution is 9.09. The number of hydrogen-bond acceptors (Lipinski definition) is 10. The number of rotatable bonds is 16. The van der Waals surface area contributed by atoms with Crippen LogP contribution in [0.3, 0.4) is 0 Å². The van der Waals surface area contributed by atoms with Crippen LogP contribution in [0.25, 0.3) is 0 Å². The maximum Gasteiger partial charge on any atom is 0.340 e. The number of hydrogen-bond donors (Lipinski definition) is 2. The fraction of sp³-hybridized carbons (Fsp3) is 0.345. The van der Waals surface area contributed by atoms with Crippen molar-refractivity contribution >= 4 is 27.9 Å². The third-order valence-electron chi connectivity index (χ3n) is 12.9. The number of phenolic OH excluding ortho intramolecular Hbond substituents is 2. The Kier molecular flexibility index (Phi) is 15.8. The zero-order valence-electron chi connectivity index (χ0n) is 39.7. The molecule has 0 atom stereocenters. The molecule has 0 amide bonds. The van der Waals surface area contributed by atoms with Crippen LogP contribution < -0.4 is 18.9 Å². The first-order chi connectivity index (χ1) is 33.7. The van der Waals surface area contributed by atoms with E-state index in [4.69, 9.17) is 28.4 Å². The molecule has 6 aromatic carbocycles. The Balaban J connectivity index is 0.000000172. The van der Waals surface area contributed by atoms with Gasteiger partial charge in [0.1, 0.15) is 46.0 Å². The summed E-state index contributed by atoms with van der Waals surface area (Å²) in [6, 6.07) is 35.8. The molecule has 4 aliphatic rings. The van der Waals surface area contributed by atoms with Gasteiger partial charge in [0.15, 0.2) is 11.2 Å². The molecule has 2 N–H and O–H groups in total. The van der Waals surface area contributed by atoms with Crippen LogP contribution in [0.5, 0.6) is 46.0 Å². The van der Waals surface area contributed by atoms with Gasteiger partial charge in [0, 0.05) is 63.0 Å². The normalized spacial score (nSPS) is 14.4. The standard InChI is InChI=1S/C32H36O5.C20H12O5.C6H13Br/c1-3-5-7-11-19-34-23-15-17-27-29(21-23)36-30-22-24(35-20-12-8-6-4-2)16-18-28(30)32(27)26-14-10-9-13-25(26)31(33)37-32;21-11-5-7-15-17(9-11)24-18-10-12(22)6-8-16(18)20(15)14-4-2-1-3-13(14)19(23)25-20;1-2-3-4-5-6-7/h9-10,13-18,21-22H,3-8,11-12,19-20H2,1-2H3;1-10,21-22H;2-6H2,1H3. The van der Waals surface area contributed by atoms with E-state index in [2.05, 4.69) is 36.7 Å². The quantitative estimate of drug-likeness (QED) is 0.0549. The Hall–Kier alpha value is -6.46. The van der Waals surface area contributed by atoms with Crippen LogP contribution in [0, 0.1) is 0 Å². The van der Waals surface area contributed by atoms with Crippen molar-refractivity contribution in [3.05, 3.63) is 166 Å². The number of benzene rings is 6. The molecule has 0 saturated heterocycles. The zero-order chi connectivity index (χ0) is 48.4. The van der Waals surface area contributed by atoms with Crippen LogP contribution in [0.4, 0.5) is 0 Å². The molecule has 0 bridgehead atoms. The van der Waals surface area contributed by atoms with Crippen LogP contribution in [-0.4, -0.2) is 40.7 Å². The SMILES string of the molecule is CCCCCCBr.CCCCCCOc1ccc2c(c1)Oc1cc(OCCCCCC)ccc1C21OC(=O)c2ccccc21.O=C1OC2(c3ccc(O)cc3Oc3cc(O)ccc32)c2ccccc21. The van der Waals surface area contributed by atoms with E-state index in [0.717, 1.165) is 53.9 Å². The van der Waals surface area contributed by atoms with Gasteiger partial charge < -0.3 is 38.6 Å². The second-order valence-corrected chi connectivity index (χ2v) is 18.5. The lowest BCUT2D eigenvalue weighted by Crippen LogP contribution is -2.33. The average molecular weight is 998 g/mol. The summed E-state index contributed by atoms with van der Waals surface area (Å²) in [5.41, 5.74) is 3.21. The molecule has 4 aliphatic heterocycles. The van der Waals surface area contributed by atoms with Gasteiger partial charge in [0.05, 0.1) is 24.3 Å². The van der Waals surface area contributed by atoms with E-state index in [1.165, 1.54) is 81.0 Å². The van der Waals surface area contributed by atoms with Gasteiger partial charge >= 0.3 is 11.9 Å². The van der Waals surface area contributed by atoms with Gasteiger partial charge in [0.2, 0.25) is 0 Å². The Labute approximate surface area is 413 Å². The molecule has 10 nitrogen and oxygen atoms in total. The fourth-order valence-electron chi connectivity index (χ4n) is 9.43. The number of aromatic hydroxyl groups is 2. The number of alkyl halides is 1. The Morgan fingerprint density at radius 2 is 0.826 bits per heavy atom. The number of unbranched alkanes of at least 4 members (excludes halogenated alkanes) is 9. The Bertz CT molecular complexity index is 2650. The maximum atomic E-state index is 13.0. The van der Waals surface area contributed by atoms with E-state index in [1.54, 1.807) is 24.3 Å². The minimum Gasteiger partial charge on any atom is -0.508 e. The van der Waals surface area contributed by atoms with Crippen LogP contribution in [0.15, 0.2) is 121 Å². The second-order valence-electron chi connectivity index (χ2n) is 17.7. The van der Waals surface area contributed by atoms with Crippen LogP contribution in [0.2, 0.25) is 0 Å². The maximum absolute atomic E-state index is 13.0. The number of fused-ring (bicyclic) bond motifs is 12. The molecule has 0 aliphatic carbocycles. The molecule has 69 heavy (non-hydrogen) atoms. The van der Waals surface area contributed by atoms with E-state index in [9.17, 15) is 19.8 Å². The topological polar surface area (TPSA) is 130 Å². The van der Waals surface area contributed by atoms with Crippen molar-refractivity contribution in [1.82, 2.24) is 0 Å². The summed E-state index contributed by atoms with van der Waals surface area (Å²) in [4.78, 5) is 25.6. The summed E-state index contributed by atoms with van der Waals surface area (Å²) >= 11 is 3.38. The number of phenols is 2. The molecule has 2 spiro atoms. The predicted molar refractivity (Wildman–Crippen MR) is 270 cm³/mol. The van der Waals surface area contributed by atoms with Crippen molar-refractivity contribution in [1.29, 1.82) is 0 Å². The summed E-state index contributed by atoms with van der Waals surface area (Å²) < 4.78 is 36.5. The third-order valence-corrected chi connectivity index (χ3v) is 13.4. The molecule has 0 saturated carbocycles. The largest absolute Gasteiger partial charge is 0.508 e. The monoisotopic (exact) mass is 996 g/mol. The highest BCUT2D eigenvalue weighted by Gasteiger charge is 2.55. The van der Waals surface area contributed by atoms with Gasteiger partial charge in [-0.05, 0) is 79.9 Å². The lowest BCUT2D eigenvalue weighted by Gasteiger charge is -2.36. The first-order valence-corrected chi connectivity index (χ1v) is 25.6. The van der Waals surface area contributed by atoms with Crippen molar-refractivity contribution in [2.24, 2.45) is 0 Å². The van der Waals surface area contributed by atoms with Crippen LogP contribution in [-0.2, 0) is 20.7 Å². The molecule has 360 valence electrons. The van der Waals surface area contributed by atoms with Gasteiger partial charge in [-0.2, -0.15) is 0 Å². The summed E-state index contributed by atoms with van der Waals surface area (Å²) in [5.74, 6) is 2.82. The Morgan fingerprint density at radius 1 is 0.449 bits per heavy atom. The molecule has 11 heteroatoms. The van der Waals surface area contributed by atoms with Gasteiger partial charge in [-0.3, -0.25) is 0 Å². The molecule has 4 heterocycles. The predicted octanol–water partition coefficient (Wildman–Crippen LogP) is 14.8. The zero-order valence-corrected chi connectivity index (χ0v) is 41.3. The molecular weight excluding hydrogens is 937 g/mol. The van der Waals surface area contributed by atoms with E-state index in [0.29, 0.717) is 64.0 Å². The van der Waals surface area contributed by atoms with Gasteiger partial charge in [0.25, 0.3) is 0 Å². The number of carbonyl (C=O) groups is 2. The minimum absolute atomic E-state index is 0.0371. The Morgan fingerprint density at radius 3 is 1.23 bits per heavy atom. The van der Waals surface area contributed by atoms with E-state index < -0.39 is 17.2 Å². The minimum atomic E-state index is -1.17. The molecule has 0 aromatic heterocycles. The lowest BCUT2D eigenvalue weighted by molar-refractivity contribution is 0.0214. The summed E-state index contributed by atoms with van der Waals surface area (Å²) in [6.07, 6.45) is 14.6. The number of ether oxygens (including phenoxy) is 6. The highest BCUT2D eigenvalue weighted by atomic mass is 79.9.